The average molecular weight is 203 g/mol. The molecule has 0 aromatic heterocycles. The first kappa shape index (κ1) is 9.94. The van der Waals surface area contributed by atoms with Gasteiger partial charge in [-0.3, -0.25) is 0 Å². The number of aliphatic imine (C=N–C) groups is 1. The zero-order valence-corrected chi connectivity index (χ0v) is 8.66. The molecule has 1 aromatic carbocycles. The predicted octanol–water partition coefficient (Wildman–Crippen LogP) is 2.28. The molecule has 1 aliphatic carbocycles. The molecule has 78 valence electrons. The molecule has 1 N–H and O–H groups in total. The van der Waals surface area contributed by atoms with Crippen LogP contribution in [-0.2, 0) is 16.8 Å². The number of carbonyl (C=O) groups excluding carboxylic acids is 1. The third kappa shape index (κ3) is 1.79. The summed E-state index contributed by atoms with van der Waals surface area (Å²) in [6.45, 7) is 2.03. The zero-order chi connectivity index (χ0) is 10.9. The van der Waals surface area contributed by atoms with Gasteiger partial charge >= 0.3 is 0 Å². The highest BCUT2D eigenvalue weighted by molar-refractivity contribution is 5.45. The lowest BCUT2D eigenvalue weighted by molar-refractivity contribution is 0.472. The Balaban J connectivity index is 2.44. The highest BCUT2D eigenvalue weighted by Crippen LogP contribution is 2.50. The Morgan fingerprint density at radius 2 is 2.20 bits per heavy atom. The first-order valence-corrected chi connectivity index (χ1v) is 5.12. The van der Waals surface area contributed by atoms with Crippen molar-refractivity contribution in [1.82, 2.24) is 0 Å². The summed E-state index contributed by atoms with van der Waals surface area (Å²) in [5.74, 6) is 0.247. The van der Waals surface area contributed by atoms with E-state index in [0.29, 0.717) is 0 Å². The fraction of sp³-hybridized carbons (Fsp3) is 0.417. The van der Waals surface area contributed by atoms with Gasteiger partial charge in [-0.2, -0.15) is 4.99 Å². The number of rotatable bonds is 3. The van der Waals surface area contributed by atoms with Crippen LogP contribution in [0.1, 0.15) is 30.9 Å². The van der Waals surface area contributed by atoms with Crippen molar-refractivity contribution < 1.29 is 9.90 Å². The molecule has 0 saturated heterocycles. The standard InChI is InChI=1S/C12H13NO2/c1-2-9-5-10(7-11(15)6-9)12(3-4-12)13-8-14/h5-7,15H,2-4H2,1H3. The average Bonchev–Trinajstić information content (AvgIpc) is 2.98. The van der Waals surface area contributed by atoms with Crippen molar-refractivity contribution in [3.63, 3.8) is 0 Å². The Labute approximate surface area is 88.5 Å². The molecule has 0 amide bonds. The Morgan fingerprint density at radius 1 is 1.47 bits per heavy atom. The summed E-state index contributed by atoms with van der Waals surface area (Å²) in [6, 6.07) is 5.44. The first-order chi connectivity index (χ1) is 7.20. The van der Waals surface area contributed by atoms with Crippen molar-refractivity contribution >= 4 is 6.08 Å². The van der Waals surface area contributed by atoms with Gasteiger partial charge in [0.25, 0.3) is 0 Å². The monoisotopic (exact) mass is 203 g/mol. The van der Waals surface area contributed by atoms with E-state index >= 15 is 0 Å². The third-order valence-corrected chi connectivity index (χ3v) is 2.91. The molecule has 0 radical (unpaired) electrons. The second kappa shape index (κ2) is 3.52. The number of aryl methyl sites for hydroxylation is 1. The van der Waals surface area contributed by atoms with Gasteiger partial charge in [-0.1, -0.05) is 13.0 Å². The van der Waals surface area contributed by atoms with Crippen LogP contribution in [0.2, 0.25) is 0 Å². The van der Waals surface area contributed by atoms with Crippen LogP contribution in [0.5, 0.6) is 5.75 Å². The van der Waals surface area contributed by atoms with Gasteiger partial charge in [-0.05, 0) is 42.5 Å². The van der Waals surface area contributed by atoms with Crippen LogP contribution in [0, 0.1) is 0 Å². The van der Waals surface area contributed by atoms with Crippen LogP contribution in [0.15, 0.2) is 23.2 Å². The number of hydrogen-bond donors (Lipinski definition) is 1. The summed E-state index contributed by atoms with van der Waals surface area (Å²) in [4.78, 5) is 14.2. The lowest BCUT2D eigenvalue weighted by Crippen LogP contribution is -2.02. The quantitative estimate of drug-likeness (QED) is 0.605. The van der Waals surface area contributed by atoms with Crippen molar-refractivity contribution in [3.8, 4) is 5.75 Å². The summed E-state index contributed by atoms with van der Waals surface area (Å²) in [5.41, 5.74) is 1.62. The van der Waals surface area contributed by atoms with Crippen LogP contribution in [0.3, 0.4) is 0 Å². The predicted molar refractivity (Wildman–Crippen MR) is 56.5 cm³/mol. The largest absolute Gasteiger partial charge is 0.508 e. The van der Waals surface area contributed by atoms with Gasteiger partial charge in [0.15, 0.2) is 0 Å². The minimum atomic E-state index is -0.385. The second-order valence-electron chi connectivity index (χ2n) is 3.98. The van der Waals surface area contributed by atoms with Crippen LogP contribution in [0.4, 0.5) is 0 Å². The van der Waals surface area contributed by atoms with Crippen LogP contribution in [-0.4, -0.2) is 11.2 Å². The van der Waals surface area contributed by atoms with E-state index in [4.69, 9.17) is 0 Å². The van der Waals surface area contributed by atoms with E-state index in [1.165, 1.54) is 0 Å². The van der Waals surface area contributed by atoms with Gasteiger partial charge in [-0.15, -0.1) is 0 Å². The Morgan fingerprint density at radius 3 is 2.73 bits per heavy atom. The molecule has 1 saturated carbocycles. The summed E-state index contributed by atoms with van der Waals surface area (Å²) in [6.07, 6.45) is 4.22. The molecule has 0 aliphatic heterocycles. The number of phenolic OH excluding ortho intramolecular Hbond substituents is 1. The van der Waals surface area contributed by atoms with Gasteiger partial charge in [0, 0.05) is 0 Å². The number of aromatic hydroxyl groups is 1. The van der Waals surface area contributed by atoms with Gasteiger partial charge in [0.1, 0.15) is 5.75 Å². The fourth-order valence-electron chi connectivity index (χ4n) is 1.82. The van der Waals surface area contributed by atoms with Crippen molar-refractivity contribution in [2.45, 2.75) is 31.7 Å². The molecule has 0 spiro atoms. The molecule has 2 rings (SSSR count). The third-order valence-electron chi connectivity index (χ3n) is 2.91. The van der Waals surface area contributed by atoms with Crippen LogP contribution < -0.4 is 0 Å². The zero-order valence-electron chi connectivity index (χ0n) is 8.66. The maximum atomic E-state index is 10.3. The number of phenols is 1. The minimum Gasteiger partial charge on any atom is -0.508 e. The maximum Gasteiger partial charge on any atom is 0.235 e. The lowest BCUT2D eigenvalue weighted by Gasteiger charge is -2.10. The molecule has 0 unspecified atom stereocenters. The number of benzene rings is 1. The van der Waals surface area contributed by atoms with E-state index in [2.05, 4.69) is 4.99 Å². The molecule has 3 heteroatoms. The fourth-order valence-corrected chi connectivity index (χ4v) is 1.82. The summed E-state index contributed by atoms with van der Waals surface area (Å²) < 4.78 is 0. The first-order valence-electron chi connectivity index (χ1n) is 5.12. The minimum absolute atomic E-state index is 0.247. The second-order valence-corrected chi connectivity index (χ2v) is 3.98. The van der Waals surface area contributed by atoms with Crippen LogP contribution >= 0.6 is 0 Å². The molecule has 1 aliphatic rings. The van der Waals surface area contributed by atoms with E-state index in [0.717, 1.165) is 30.4 Å². The van der Waals surface area contributed by atoms with Crippen molar-refractivity contribution in [1.29, 1.82) is 0 Å². The van der Waals surface area contributed by atoms with E-state index in [9.17, 15) is 9.90 Å². The molecule has 0 heterocycles. The van der Waals surface area contributed by atoms with Gasteiger partial charge in [-0.25, -0.2) is 4.79 Å². The van der Waals surface area contributed by atoms with E-state index in [-0.39, 0.29) is 11.3 Å². The summed E-state index contributed by atoms with van der Waals surface area (Å²) in [7, 11) is 0. The molecular formula is C12H13NO2. The topological polar surface area (TPSA) is 49.7 Å². The Kier molecular flexibility index (Phi) is 2.33. The highest BCUT2D eigenvalue weighted by Gasteiger charge is 2.45. The molecule has 15 heavy (non-hydrogen) atoms. The molecule has 1 fully saturated rings. The van der Waals surface area contributed by atoms with Gasteiger partial charge < -0.3 is 5.11 Å². The Hall–Kier alpha value is -1.60. The van der Waals surface area contributed by atoms with E-state index < -0.39 is 0 Å². The molecule has 1 aromatic rings. The number of nitrogens with zero attached hydrogens (tertiary/aromatic N) is 1. The van der Waals surface area contributed by atoms with Gasteiger partial charge in [0.05, 0.1) is 5.54 Å². The maximum absolute atomic E-state index is 10.3. The molecule has 0 bridgehead atoms. The number of hydrogen-bond acceptors (Lipinski definition) is 3. The summed E-state index contributed by atoms with van der Waals surface area (Å²) in [5, 5.41) is 9.54. The normalized spacial score (nSPS) is 16.9. The van der Waals surface area contributed by atoms with Crippen LogP contribution in [0.25, 0.3) is 0 Å². The summed E-state index contributed by atoms with van der Waals surface area (Å²) >= 11 is 0. The van der Waals surface area contributed by atoms with E-state index in [1.54, 1.807) is 18.2 Å². The number of isocyanates is 1. The Bertz CT molecular complexity index is 429. The van der Waals surface area contributed by atoms with Gasteiger partial charge in [0.2, 0.25) is 6.08 Å². The van der Waals surface area contributed by atoms with Crippen molar-refractivity contribution in [2.75, 3.05) is 0 Å². The molecule has 0 atom stereocenters. The molecular weight excluding hydrogens is 190 g/mol. The SMILES string of the molecule is CCc1cc(O)cc(C2(N=C=O)CC2)c1. The van der Waals surface area contributed by atoms with E-state index in [1.807, 2.05) is 13.0 Å². The molecule has 3 nitrogen and oxygen atoms in total. The highest BCUT2D eigenvalue weighted by atomic mass is 16.3. The lowest BCUT2D eigenvalue weighted by atomic mass is 10.0. The smallest absolute Gasteiger partial charge is 0.235 e. The van der Waals surface area contributed by atoms with Crippen molar-refractivity contribution in [3.05, 3.63) is 29.3 Å². The van der Waals surface area contributed by atoms with Crippen molar-refractivity contribution in [2.24, 2.45) is 4.99 Å².